The SMILES string of the molecule is COc1cccc(-c2cccc(N(CC34CCC(c5nc(C6CC6)no5)(CC3)CC4)C(=O)CC3CCCCC3)c2)c1. The lowest BCUT2D eigenvalue weighted by Gasteiger charge is -2.53. The van der Waals surface area contributed by atoms with Crippen LogP contribution in [0.25, 0.3) is 11.1 Å². The zero-order valence-electron chi connectivity index (χ0n) is 24.4. The third-order valence-corrected chi connectivity index (χ3v) is 10.8. The van der Waals surface area contributed by atoms with Crippen molar-refractivity contribution in [2.75, 3.05) is 18.6 Å². The summed E-state index contributed by atoms with van der Waals surface area (Å²) >= 11 is 0. The summed E-state index contributed by atoms with van der Waals surface area (Å²) in [4.78, 5) is 21.2. The highest BCUT2D eigenvalue weighted by atomic mass is 16.5. The molecule has 1 aromatic heterocycles. The summed E-state index contributed by atoms with van der Waals surface area (Å²) in [5, 5.41) is 4.34. The molecule has 0 atom stereocenters. The summed E-state index contributed by atoms with van der Waals surface area (Å²) in [6.45, 7) is 0.799. The third kappa shape index (κ3) is 5.42. The Bertz CT molecular complexity index is 1360. The standard InChI is InChI=1S/C35H43N3O3/c1-40-30-12-6-10-28(23-30)27-9-5-11-29(22-27)38(31(39)21-25-7-3-2-4-8-25)24-34-15-18-35(19-16-34,20-17-34)33-36-32(37-41-33)26-13-14-26/h5-6,9-12,22-23,25-26H,2-4,7-8,13-21,24H2,1H3. The maximum Gasteiger partial charge on any atom is 0.232 e. The van der Waals surface area contributed by atoms with Crippen molar-refractivity contribution >= 4 is 11.6 Å². The van der Waals surface area contributed by atoms with E-state index in [4.69, 9.17) is 14.2 Å². The smallest absolute Gasteiger partial charge is 0.232 e. The van der Waals surface area contributed by atoms with Crippen LogP contribution in [0.3, 0.4) is 0 Å². The molecule has 5 aliphatic carbocycles. The van der Waals surface area contributed by atoms with Gasteiger partial charge in [-0.2, -0.15) is 4.98 Å². The highest BCUT2D eigenvalue weighted by Gasteiger charge is 2.53. The Morgan fingerprint density at radius 3 is 2.34 bits per heavy atom. The number of anilines is 1. The van der Waals surface area contributed by atoms with Crippen LogP contribution in [0.4, 0.5) is 5.69 Å². The zero-order valence-corrected chi connectivity index (χ0v) is 24.4. The van der Waals surface area contributed by atoms with Crippen molar-refractivity contribution in [3.05, 3.63) is 60.2 Å². The van der Waals surface area contributed by atoms with Gasteiger partial charge in [-0.15, -0.1) is 0 Å². The van der Waals surface area contributed by atoms with Crippen LogP contribution in [0.15, 0.2) is 53.1 Å². The van der Waals surface area contributed by atoms with Gasteiger partial charge in [0.2, 0.25) is 11.8 Å². The molecule has 0 N–H and O–H groups in total. The second-order valence-electron chi connectivity index (χ2n) is 13.5. The van der Waals surface area contributed by atoms with Gasteiger partial charge in [0.1, 0.15) is 5.75 Å². The number of hydrogen-bond acceptors (Lipinski definition) is 5. The van der Waals surface area contributed by atoms with Crippen molar-refractivity contribution in [2.24, 2.45) is 11.3 Å². The molecule has 8 rings (SSSR count). The number of methoxy groups -OCH3 is 1. The van der Waals surface area contributed by atoms with Gasteiger partial charge in [0.25, 0.3) is 0 Å². The molecule has 2 bridgehead atoms. The summed E-state index contributed by atoms with van der Waals surface area (Å²) < 4.78 is 11.4. The number of amides is 1. The molecule has 0 aliphatic heterocycles. The Balaban J connectivity index is 1.14. The Morgan fingerprint density at radius 1 is 0.927 bits per heavy atom. The molecule has 0 saturated heterocycles. The van der Waals surface area contributed by atoms with Crippen LogP contribution in [-0.2, 0) is 10.2 Å². The molecule has 5 aliphatic rings. The minimum atomic E-state index is 0.0328. The Kier molecular flexibility index (Phi) is 7.12. The highest BCUT2D eigenvalue weighted by molar-refractivity contribution is 5.94. The Hall–Kier alpha value is -3.15. The van der Waals surface area contributed by atoms with Crippen LogP contribution in [0.1, 0.15) is 108 Å². The lowest BCUT2D eigenvalue weighted by molar-refractivity contribution is -0.120. The average Bonchev–Trinajstić information content (AvgIpc) is 3.76. The van der Waals surface area contributed by atoms with Crippen molar-refractivity contribution in [2.45, 2.75) is 101 Å². The zero-order chi connectivity index (χ0) is 27.9. The maximum absolute atomic E-state index is 14.1. The van der Waals surface area contributed by atoms with E-state index in [0.29, 0.717) is 24.2 Å². The van der Waals surface area contributed by atoms with E-state index in [1.807, 2.05) is 12.1 Å². The number of rotatable bonds is 9. The Labute approximate surface area is 243 Å². The molecule has 5 saturated carbocycles. The fourth-order valence-corrected chi connectivity index (χ4v) is 7.84. The fourth-order valence-electron chi connectivity index (χ4n) is 7.84. The predicted molar refractivity (Wildman–Crippen MR) is 160 cm³/mol. The molecule has 0 radical (unpaired) electrons. The molecule has 1 heterocycles. The van der Waals surface area contributed by atoms with Gasteiger partial charge >= 0.3 is 0 Å². The quantitative estimate of drug-likeness (QED) is 0.267. The molecular weight excluding hydrogens is 510 g/mol. The second kappa shape index (κ2) is 10.9. The number of hydrogen-bond donors (Lipinski definition) is 0. The first-order valence-corrected chi connectivity index (χ1v) is 15.9. The number of benzene rings is 2. The first kappa shape index (κ1) is 26.7. The number of fused-ring (bicyclic) bond motifs is 3. The summed E-state index contributed by atoms with van der Waals surface area (Å²) in [6.07, 6.45) is 15.8. The van der Waals surface area contributed by atoms with E-state index in [9.17, 15) is 4.79 Å². The fraction of sp³-hybridized carbons (Fsp3) is 0.571. The normalized spacial score (nSPS) is 26.2. The summed E-state index contributed by atoms with van der Waals surface area (Å²) in [7, 11) is 1.70. The van der Waals surface area contributed by atoms with Crippen molar-refractivity contribution in [3.63, 3.8) is 0 Å². The van der Waals surface area contributed by atoms with Crippen LogP contribution < -0.4 is 9.64 Å². The van der Waals surface area contributed by atoms with Gasteiger partial charge in [0, 0.05) is 30.0 Å². The van der Waals surface area contributed by atoms with Gasteiger partial charge in [-0.1, -0.05) is 48.7 Å². The highest BCUT2D eigenvalue weighted by Crippen LogP contribution is 2.58. The van der Waals surface area contributed by atoms with E-state index in [2.05, 4.69) is 46.5 Å². The number of carbonyl (C=O) groups is 1. The molecule has 3 aromatic rings. The molecule has 0 unspecified atom stereocenters. The lowest BCUT2D eigenvalue weighted by Crippen LogP contribution is -2.51. The molecule has 41 heavy (non-hydrogen) atoms. The number of nitrogens with zero attached hydrogens (tertiary/aromatic N) is 3. The number of aromatic nitrogens is 2. The summed E-state index contributed by atoms with van der Waals surface area (Å²) in [6, 6.07) is 16.8. The summed E-state index contributed by atoms with van der Waals surface area (Å²) in [5.74, 6) is 3.97. The minimum absolute atomic E-state index is 0.0328. The van der Waals surface area contributed by atoms with Crippen LogP contribution in [-0.4, -0.2) is 29.7 Å². The topological polar surface area (TPSA) is 68.5 Å². The maximum atomic E-state index is 14.1. The van der Waals surface area contributed by atoms with Gasteiger partial charge < -0.3 is 14.2 Å². The van der Waals surface area contributed by atoms with Crippen LogP contribution in [0.2, 0.25) is 0 Å². The van der Waals surface area contributed by atoms with E-state index in [-0.39, 0.29) is 10.8 Å². The van der Waals surface area contributed by atoms with Crippen LogP contribution in [0, 0.1) is 11.3 Å². The number of carbonyl (C=O) groups excluding carboxylic acids is 1. The van der Waals surface area contributed by atoms with Crippen molar-refractivity contribution in [3.8, 4) is 16.9 Å². The molecule has 1 amide bonds. The first-order chi connectivity index (χ1) is 20.0. The van der Waals surface area contributed by atoms with Gasteiger partial charge in [0.15, 0.2) is 5.82 Å². The molecule has 6 nitrogen and oxygen atoms in total. The van der Waals surface area contributed by atoms with E-state index in [1.165, 1.54) is 44.9 Å². The first-order valence-electron chi connectivity index (χ1n) is 15.9. The van der Waals surface area contributed by atoms with Crippen molar-refractivity contribution in [1.29, 1.82) is 0 Å². The minimum Gasteiger partial charge on any atom is -0.497 e. The third-order valence-electron chi connectivity index (χ3n) is 10.8. The molecule has 0 spiro atoms. The average molecular weight is 554 g/mol. The largest absolute Gasteiger partial charge is 0.497 e. The predicted octanol–water partition coefficient (Wildman–Crippen LogP) is 8.22. The molecule has 2 aromatic carbocycles. The van der Waals surface area contributed by atoms with Crippen molar-refractivity contribution in [1.82, 2.24) is 10.1 Å². The lowest BCUT2D eigenvalue weighted by atomic mass is 9.53. The Morgan fingerprint density at radius 2 is 1.63 bits per heavy atom. The van der Waals surface area contributed by atoms with Crippen LogP contribution >= 0.6 is 0 Å². The molecule has 5 fully saturated rings. The van der Waals surface area contributed by atoms with Gasteiger partial charge in [0.05, 0.1) is 7.11 Å². The van der Waals surface area contributed by atoms with Crippen molar-refractivity contribution < 1.29 is 14.1 Å². The number of ether oxygens (including phenoxy) is 1. The van der Waals surface area contributed by atoms with Crippen LogP contribution in [0.5, 0.6) is 5.75 Å². The van der Waals surface area contributed by atoms with E-state index >= 15 is 0 Å². The van der Waals surface area contributed by atoms with Gasteiger partial charge in [-0.25, -0.2) is 0 Å². The summed E-state index contributed by atoms with van der Waals surface area (Å²) in [5.41, 5.74) is 3.42. The molecular formula is C35H43N3O3. The van der Waals surface area contributed by atoms with Gasteiger partial charge in [-0.05, 0) is 111 Å². The second-order valence-corrected chi connectivity index (χ2v) is 13.5. The monoisotopic (exact) mass is 553 g/mol. The van der Waals surface area contributed by atoms with E-state index < -0.39 is 0 Å². The van der Waals surface area contributed by atoms with E-state index in [0.717, 1.165) is 79.3 Å². The van der Waals surface area contributed by atoms with Gasteiger partial charge in [-0.3, -0.25) is 4.79 Å². The van der Waals surface area contributed by atoms with E-state index in [1.54, 1.807) is 7.11 Å². The molecule has 6 heteroatoms. The molecule has 216 valence electrons.